The fourth-order valence-corrected chi connectivity index (χ4v) is 12.2. The second-order valence-corrected chi connectivity index (χ2v) is 14.4. The van der Waals surface area contributed by atoms with Crippen molar-refractivity contribution in [2.45, 2.75) is 28.2 Å². The fourth-order valence-electron chi connectivity index (χ4n) is 0.617. The van der Waals surface area contributed by atoms with E-state index in [4.69, 9.17) is 0 Å². The molecule has 0 aliphatic carbocycles. The molecule has 1 aliphatic heterocycles. The van der Waals surface area contributed by atoms with Crippen LogP contribution in [0, 0.1) is 0 Å². The summed E-state index contributed by atoms with van der Waals surface area (Å²) in [7, 11) is 0. The van der Waals surface area contributed by atoms with Crippen LogP contribution in [0.25, 0.3) is 0 Å². The van der Waals surface area contributed by atoms with Gasteiger partial charge in [-0.2, -0.15) is 0 Å². The standard InChI is InChI=1S/C5H10Te2/c1-2-4-6-7-5-3-1/h1-5H2. The van der Waals surface area contributed by atoms with Crippen molar-refractivity contribution in [3.8, 4) is 0 Å². The Bertz CT molecular complexity index is 25.7. The predicted molar refractivity (Wildman–Crippen MR) is 35.0 cm³/mol. The molecule has 1 aliphatic rings. The molecule has 1 saturated heterocycles. The minimum absolute atomic E-state index is 0.669. The molecule has 1 fully saturated rings. The molecule has 7 heavy (non-hydrogen) atoms. The summed E-state index contributed by atoms with van der Waals surface area (Å²) in [4.78, 5) is 0. The van der Waals surface area contributed by atoms with E-state index in [-0.39, 0.29) is 0 Å². The molecule has 2 heteroatoms. The Morgan fingerprint density at radius 1 is 0.714 bits per heavy atom. The molecule has 0 spiro atoms. The molecule has 0 radical (unpaired) electrons. The van der Waals surface area contributed by atoms with Gasteiger partial charge in [0.05, 0.1) is 0 Å². The van der Waals surface area contributed by atoms with Crippen molar-refractivity contribution in [1.82, 2.24) is 0 Å². The quantitative estimate of drug-likeness (QED) is 0.590. The van der Waals surface area contributed by atoms with Gasteiger partial charge in [-0.3, -0.25) is 0 Å². The summed E-state index contributed by atoms with van der Waals surface area (Å²) in [6, 6.07) is 0. The van der Waals surface area contributed by atoms with Gasteiger partial charge in [-0.05, 0) is 0 Å². The molecule has 0 atom stereocenters. The maximum absolute atomic E-state index is 1.69. The van der Waals surface area contributed by atoms with Crippen LogP contribution in [0.5, 0.6) is 0 Å². The van der Waals surface area contributed by atoms with Gasteiger partial charge in [-0.15, -0.1) is 0 Å². The molecule has 1 heterocycles. The molecule has 0 amide bonds. The summed E-state index contributed by atoms with van der Waals surface area (Å²) in [6.07, 6.45) is 4.75. The van der Waals surface area contributed by atoms with E-state index >= 15 is 0 Å². The van der Waals surface area contributed by atoms with Crippen molar-refractivity contribution in [3.63, 3.8) is 0 Å². The molecule has 0 bridgehead atoms. The van der Waals surface area contributed by atoms with Crippen LogP contribution in [0.3, 0.4) is 0 Å². The van der Waals surface area contributed by atoms with Crippen LogP contribution in [-0.2, 0) is 0 Å². The summed E-state index contributed by atoms with van der Waals surface area (Å²) >= 11 is 1.34. The van der Waals surface area contributed by atoms with E-state index in [1.165, 1.54) is 0 Å². The van der Waals surface area contributed by atoms with Gasteiger partial charge in [0.15, 0.2) is 0 Å². The molecular formula is C5H10Te2. The Labute approximate surface area is 61.8 Å². The first-order valence-electron chi connectivity index (χ1n) is 2.74. The monoisotopic (exact) mass is 330 g/mol. The normalized spacial score (nSPS) is 24.0. The molecular weight excluding hydrogens is 315 g/mol. The van der Waals surface area contributed by atoms with Crippen LogP contribution in [-0.4, -0.2) is 34.1 Å². The van der Waals surface area contributed by atoms with E-state index in [0.29, 0.717) is 34.1 Å². The average molecular weight is 325 g/mol. The third kappa shape index (κ3) is 3.21. The van der Waals surface area contributed by atoms with Crippen LogP contribution < -0.4 is 0 Å². The summed E-state index contributed by atoms with van der Waals surface area (Å²) < 4.78 is 3.38. The first kappa shape index (κ1) is 6.70. The fraction of sp³-hybridized carbons (Fsp3) is 1.00. The second-order valence-electron chi connectivity index (χ2n) is 1.70. The van der Waals surface area contributed by atoms with E-state index in [9.17, 15) is 0 Å². The van der Waals surface area contributed by atoms with E-state index in [1.807, 2.05) is 0 Å². The molecule has 0 saturated carbocycles. The van der Waals surface area contributed by atoms with Gasteiger partial charge >= 0.3 is 62.3 Å². The van der Waals surface area contributed by atoms with Crippen molar-refractivity contribution in [1.29, 1.82) is 0 Å². The van der Waals surface area contributed by atoms with Gasteiger partial charge in [-0.25, -0.2) is 0 Å². The number of hydrogen-bond donors (Lipinski definition) is 0. The van der Waals surface area contributed by atoms with Gasteiger partial charge < -0.3 is 0 Å². The Morgan fingerprint density at radius 3 is 1.86 bits per heavy atom. The zero-order chi connectivity index (χ0) is 4.95. The maximum atomic E-state index is 1.69. The second kappa shape index (κ2) is 4.46. The molecule has 0 N–H and O–H groups in total. The molecule has 0 aromatic rings. The summed E-state index contributed by atoms with van der Waals surface area (Å²) in [5.41, 5.74) is 0. The van der Waals surface area contributed by atoms with Crippen LogP contribution in [0.2, 0.25) is 8.94 Å². The topological polar surface area (TPSA) is 0 Å². The van der Waals surface area contributed by atoms with E-state index in [0.717, 1.165) is 0 Å². The Morgan fingerprint density at radius 2 is 1.29 bits per heavy atom. The molecule has 42 valence electrons. The van der Waals surface area contributed by atoms with Crippen LogP contribution in [0.4, 0.5) is 0 Å². The summed E-state index contributed by atoms with van der Waals surface area (Å²) in [6.45, 7) is 0. The van der Waals surface area contributed by atoms with Crippen molar-refractivity contribution < 1.29 is 0 Å². The van der Waals surface area contributed by atoms with Crippen molar-refractivity contribution in [2.24, 2.45) is 0 Å². The van der Waals surface area contributed by atoms with Crippen molar-refractivity contribution in [3.05, 3.63) is 0 Å². The van der Waals surface area contributed by atoms with Gasteiger partial charge in [0, 0.05) is 0 Å². The first-order chi connectivity index (χ1) is 3.50. The van der Waals surface area contributed by atoms with E-state index in [2.05, 4.69) is 0 Å². The molecule has 0 aromatic heterocycles. The Hall–Kier alpha value is 1.58. The van der Waals surface area contributed by atoms with Gasteiger partial charge in [0.2, 0.25) is 0 Å². The third-order valence-corrected chi connectivity index (χ3v) is 13.7. The summed E-state index contributed by atoms with van der Waals surface area (Å²) in [5.74, 6) is 0. The van der Waals surface area contributed by atoms with Crippen molar-refractivity contribution in [2.75, 3.05) is 0 Å². The van der Waals surface area contributed by atoms with Crippen LogP contribution >= 0.6 is 0 Å². The molecule has 1 rings (SSSR count). The molecule has 0 nitrogen and oxygen atoms in total. The average Bonchev–Trinajstić information content (AvgIpc) is 1.90. The van der Waals surface area contributed by atoms with Crippen LogP contribution in [0.15, 0.2) is 0 Å². The van der Waals surface area contributed by atoms with Gasteiger partial charge in [0.1, 0.15) is 0 Å². The Kier molecular flexibility index (Phi) is 4.26. The first-order valence-corrected chi connectivity index (χ1v) is 13.4. The zero-order valence-electron chi connectivity index (χ0n) is 4.35. The summed E-state index contributed by atoms with van der Waals surface area (Å²) in [5, 5.41) is 0. The van der Waals surface area contributed by atoms with Crippen LogP contribution in [0.1, 0.15) is 19.3 Å². The predicted octanol–water partition coefficient (Wildman–Crippen LogP) is 1.33. The van der Waals surface area contributed by atoms with E-state index in [1.54, 1.807) is 28.2 Å². The SMILES string of the molecule is C1CC[Te][Te]CC1. The van der Waals surface area contributed by atoms with E-state index < -0.39 is 0 Å². The zero-order valence-corrected chi connectivity index (χ0v) is 9.01. The molecule has 0 aromatic carbocycles. The van der Waals surface area contributed by atoms with Gasteiger partial charge in [-0.1, -0.05) is 0 Å². The minimum atomic E-state index is 0.669. The third-order valence-electron chi connectivity index (χ3n) is 1.04. The van der Waals surface area contributed by atoms with Gasteiger partial charge in [0.25, 0.3) is 0 Å². The molecule has 0 unspecified atom stereocenters. The number of rotatable bonds is 0. The number of hydrogen-bond acceptors (Lipinski definition) is 0. The Balaban J connectivity index is 2.04. The van der Waals surface area contributed by atoms with Crippen molar-refractivity contribution >= 4 is 34.1 Å².